The summed E-state index contributed by atoms with van der Waals surface area (Å²) in [4.78, 5) is 12.1. The fourth-order valence-corrected chi connectivity index (χ4v) is 3.40. The predicted octanol–water partition coefficient (Wildman–Crippen LogP) is 1.22. The molecule has 0 aliphatic carbocycles. The van der Waals surface area contributed by atoms with Crippen LogP contribution in [0.15, 0.2) is 18.2 Å². The van der Waals surface area contributed by atoms with E-state index in [9.17, 15) is 9.00 Å². The molecule has 5 heteroatoms. The molecule has 0 saturated carbocycles. The van der Waals surface area contributed by atoms with Gasteiger partial charge in [0.15, 0.2) is 0 Å². The van der Waals surface area contributed by atoms with Crippen molar-refractivity contribution in [3.05, 3.63) is 29.3 Å². The molecule has 0 spiro atoms. The number of benzene rings is 1. The lowest BCUT2D eigenvalue weighted by molar-refractivity contribution is 0.0934. The van der Waals surface area contributed by atoms with E-state index in [0.717, 1.165) is 18.4 Å². The van der Waals surface area contributed by atoms with Gasteiger partial charge in [-0.25, -0.2) is 0 Å². The summed E-state index contributed by atoms with van der Waals surface area (Å²) in [6, 6.07) is 5.49. The van der Waals surface area contributed by atoms with Gasteiger partial charge < -0.3 is 11.1 Å². The second kappa shape index (κ2) is 5.52. The highest BCUT2D eigenvalue weighted by Crippen LogP contribution is 2.16. The average Bonchev–Trinajstić information content (AvgIpc) is 2.35. The molecule has 1 aromatic carbocycles. The summed E-state index contributed by atoms with van der Waals surface area (Å²) in [7, 11) is -0.700. The lowest BCUT2D eigenvalue weighted by Crippen LogP contribution is -2.39. The Bertz CT molecular complexity index is 478. The standard InChI is InChI=1S/C13H18N2O2S/c1-9-11(3-2-4-12(9)14)13(16)15-10-5-7-18(17)8-6-10/h2-4,10H,5-8,14H2,1H3,(H,15,16). The van der Waals surface area contributed by atoms with E-state index in [2.05, 4.69) is 5.32 Å². The predicted molar refractivity (Wildman–Crippen MR) is 74.0 cm³/mol. The molecule has 0 unspecified atom stereocenters. The van der Waals surface area contributed by atoms with E-state index in [0.29, 0.717) is 22.8 Å². The summed E-state index contributed by atoms with van der Waals surface area (Å²) in [5.74, 6) is 1.28. The van der Waals surface area contributed by atoms with Crippen molar-refractivity contribution >= 4 is 22.4 Å². The Morgan fingerprint density at radius 3 is 2.72 bits per heavy atom. The Morgan fingerprint density at radius 2 is 2.06 bits per heavy atom. The Morgan fingerprint density at radius 1 is 1.39 bits per heavy atom. The van der Waals surface area contributed by atoms with Gasteiger partial charge >= 0.3 is 0 Å². The Kier molecular flexibility index (Phi) is 4.01. The van der Waals surface area contributed by atoms with Crippen molar-refractivity contribution in [3.63, 3.8) is 0 Å². The van der Waals surface area contributed by atoms with E-state index in [1.165, 1.54) is 0 Å². The summed E-state index contributed by atoms with van der Waals surface area (Å²) < 4.78 is 11.2. The second-order valence-electron chi connectivity index (χ2n) is 4.62. The van der Waals surface area contributed by atoms with Gasteiger partial charge in [-0.2, -0.15) is 0 Å². The maximum absolute atomic E-state index is 12.1. The molecule has 2 rings (SSSR count). The molecule has 0 radical (unpaired) electrons. The number of hydrogen-bond donors (Lipinski definition) is 2. The summed E-state index contributed by atoms with van der Waals surface area (Å²) in [6.45, 7) is 1.85. The molecular weight excluding hydrogens is 248 g/mol. The van der Waals surface area contributed by atoms with Gasteiger partial charge in [0, 0.05) is 39.6 Å². The molecule has 1 saturated heterocycles. The topological polar surface area (TPSA) is 72.2 Å². The first-order valence-electron chi connectivity index (χ1n) is 6.09. The molecule has 1 aromatic rings. The molecule has 4 nitrogen and oxygen atoms in total. The van der Waals surface area contributed by atoms with Gasteiger partial charge in [0.1, 0.15) is 0 Å². The van der Waals surface area contributed by atoms with Crippen molar-refractivity contribution in [2.75, 3.05) is 17.2 Å². The molecule has 3 N–H and O–H groups in total. The fraction of sp³-hybridized carbons (Fsp3) is 0.462. The number of anilines is 1. The molecule has 0 bridgehead atoms. The van der Waals surface area contributed by atoms with Crippen LogP contribution in [0.2, 0.25) is 0 Å². The highest BCUT2D eigenvalue weighted by Gasteiger charge is 2.20. The molecule has 1 heterocycles. The van der Waals surface area contributed by atoms with Gasteiger partial charge in [-0.1, -0.05) is 6.07 Å². The number of hydrogen-bond acceptors (Lipinski definition) is 3. The minimum atomic E-state index is -0.700. The van der Waals surface area contributed by atoms with Crippen LogP contribution in [0, 0.1) is 6.92 Å². The fourth-order valence-electron chi connectivity index (χ4n) is 2.10. The number of carbonyl (C=O) groups is 1. The van der Waals surface area contributed by atoms with Crippen molar-refractivity contribution in [1.29, 1.82) is 0 Å². The summed E-state index contributed by atoms with van der Waals surface area (Å²) in [5.41, 5.74) is 7.86. The lowest BCUT2D eigenvalue weighted by atomic mass is 10.1. The van der Waals surface area contributed by atoms with Crippen LogP contribution in [0.5, 0.6) is 0 Å². The zero-order chi connectivity index (χ0) is 13.1. The van der Waals surface area contributed by atoms with Gasteiger partial charge in [-0.3, -0.25) is 9.00 Å². The monoisotopic (exact) mass is 266 g/mol. The number of nitrogen functional groups attached to an aromatic ring is 1. The zero-order valence-electron chi connectivity index (χ0n) is 10.4. The van der Waals surface area contributed by atoms with Crippen molar-refractivity contribution in [3.8, 4) is 0 Å². The smallest absolute Gasteiger partial charge is 0.251 e. The minimum absolute atomic E-state index is 0.0857. The zero-order valence-corrected chi connectivity index (χ0v) is 11.3. The highest BCUT2D eigenvalue weighted by molar-refractivity contribution is 7.85. The van der Waals surface area contributed by atoms with Crippen molar-refractivity contribution in [2.24, 2.45) is 0 Å². The molecule has 1 aliphatic rings. The number of carbonyl (C=O) groups excluding carboxylic acids is 1. The van der Waals surface area contributed by atoms with Crippen LogP contribution in [-0.2, 0) is 10.8 Å². The van der Waals surface area contributed by atoms with E-state index in [1.807, 2.05) is 6.92 Å². The first-order valence-corrected chi connectivity index (χ1v) is 7.57. The van der Waals surface area contributed by atoms with Crippen molar-refractivity contribution in [1.82, 2.24) is 5.32 Å². The van der Waals surface area contributed by atoms with Crippen LogP contribution in [-0.4, -0.2) is 27.7 Å². The molecule has 1 amide bonds. The highest BCUT2D eigenvalue weighted by atomic mass is 32.2. The number of rotatable bonds is 2. The van der Waals surface area contributed by atoms with E-state index in [1.54, 1.807) is 18.2 Å². The van der Waals surface area contributed by atoms with Crippen molar-refractivity contribution < 1.29 is 9.00 Å². The molecule has 1 fully saturated rings. The molecule has 0 atom stereocenters. The van der Waals surface area contributed by atoms with Crippen LogP contribution in [0.25, 0.3) is 0 Å². The third-order valence-electron chi connectivity index (χ3n) is 3.34. The van der Waals surface area contributed by atoms with E-state index in [-0.39, 0.29) is 11.9 Å². The molecule has 18 heavy (non-hydrogen) atoms. The van der Waals surface area contributed by atoms with E-state index in [4.69, 9.17) is 5.73 Å². The first kappa shape index (κ1) is 13.1. The largest absolute Gasteiger partial charge is 0.398 e. The third-order valence-corrected chi connectivity index (χ3v) is 4.73. The first-order chi connectivity index (χ1) is 8.58. The lowest BCUT2D eigenvalue weighted by Gasteiger charge is -2.23. The Balaban J connectivity index is 2.03. The minimum Gasteiger partial charge on any atom is -0.398 e. The quantitative estimate of drug-likeness (QED) is 0.791. The molecule has 1 aliphatic heterocycles. The molecule has 98 valence electrons. The van der Waals surface area contributed by atoms with E-state index < -0.39 is 10.8 Å². The summed E-state index contributed by atoms with van der Waals surface area (Å²) >= 11 is 0. The summed E-state index contributed by atoms with van der Waals surface area (Å²) in [5, 5.41) is 2.99. The normalized spacial score (nSPS) is 23.6. The third kappa shape index (κ3) is 2.90. The SMILES string of the molecule is Cc1c(N)cccc1C(=O)NC1CCS(=O)CC1. The van der Waals surface area contributed by atoms with Crippen LogP contribution >= 0.6 is 0 Å². The number of nitrogens with two attached hydrogens (primary N) is 1. The second-order valence-corrected chi connectivity index (χ2v) is 6.31. The van der Waals surface area contributed by atoms with Crippen LogP contribution in [0.1, 0.15) is 28.8 Å². The van der Waals surface area contributed by atoms with Crippen LogP contribution < -0.4 is 11.1 Å². The van der Waals surface area contributed by atoms with Gasteiger partial charge in [0.05, 0.1) is 0 Å². The van der Waals surface area contributed by atoms with Gasteiger partial charge in [0.2, 0.25) is 0 Å². The van der Waals surface area contributed by atoms with E-state index >= 15 is 0 Å². The number of nitrogens with one attached hydrogen (secondary N) is 1. The summed E-state index contributed by atoms with van der Waals surface area (Å²) in [6.07, 6.45) is 1.58. The molecular formula is C13H18N2O2S. The Labute approximate surface area is 109 Å². The maximum Gasteiger partial charge on any atom is 0.251 e. The van der Waals surface area contributed by atoms with Gasteiger partial charge in [-0.05, 0) is 37.5 Å². The van der Waals surface area contributed by atoms with Crippen LogP contribution in [0.3, 0.4) is 0 Å². The van der Waals surface area contributed by atoms with Gasteiger partial charge in [-0.15, -0.1) is 0 Å². The Hall–Kier alpha value is -1.36. The maximum atomic E-state index is 12.1. The molecule has 0 aromatic heterocycles. The number of amides is 1. The van der Waals surface area contributed by atoms with Crippen LogP contribution in [0.4, 0.5) is 5.69 Å². The average molecular weight is 266 g/mol. The van der Waals surface area contributed by atoms with Crippen molar-refractivity contribution in [2.45, 2.75) is 25.8 Å². The van der Waals surface area contributed by atoms with Gasteiger partial charge in [0.25, 0.3) is 5.91 Å².